The summed E-state index contributed by atoms with van der Waals surface area (Å²) in [5.41, 5.74) is 1.59. The van der Waals surface area contributed by atoms with Gasteiger partial charge in [-0.05, 0) is 18.3 Å². The lowest BCUT2D eigenvalue weighted by Gasteiger charge is -2.26. The van der Waals surface area contributed by atoms with Crippen LogP contribution in [0.4, 0.5) is 0 Å². The molecule has 0 saturated carbocycles. The molecule has 3 radical (unpaired) electrons. The van der Waals surface area contributed by atoms with Crippen LogP contribution in [0.15, 0.2) is 10.9 Å². The minimum absolute atomic E-state index is 0.465. The Morgan fingerprint density at radius 2 is 1.50 bits per heavy atom. The van der Waals surface area contributed by atoms with Crippen LogP contribution in [0.25, 0.3) is 0 Å². The lowest BCUT2D eigenvalue weighted by atomic mass is 10.7. The average molecular weight is 364 g/mol. The third-order valence-electron chi connectivity index (χ3n) is 1.21. The topological polar surface area (TPSA) is 0 Å². The van der Waals surface area contributed by atoms with Crippen LogP contribution in [0.3, 0.4) is 0 Å². The normalized spacial score (nSPS) is 15.9. The van der Waals surface area contributed by atoms with Gasteiger partial charge >= 0.3 is 0 Å². The van der Waals surface area contributed by atoms with Crippen LogP contribution >= 0.6 is 67.5 Å². The van der Waals surface area contributed by atoms with E-state index in [2.05, 4.69) is 10.2 Å². The average Bonchev–Trinajstić information content (AvgIpc) is 1.75. The molecule has 0 spiro atoms. The van der Waals surface area contributed by atoms with Crippen molar-refractivity contribution in [3.8, 4) is 0 Å². The van der Waals surface area contributed by atoms with Crippen LogP contribution in [-0.2, 0) is 0 Å². The van der Waals surface area contributed by atoms with E-state index in [0.29, 0.717) is 5.20 Å². The van der Waals surface area contributed by atoms with Gasteiger partial charge in [-0.15, -0.1) is 67.5 Å². The summed E-state index contributed by atoms with van der Waals surface area (Å²) in [4.78, 5) is 0. The quantitative estimate of drug-likeness (QED) is 0.396. The van der Waals surface area contributed by atoms with Gasteiger partial charge in [-0.3, -0.25) is 0 Å². The molecule has 9 heteroatoms. The fraction of sp³-hybridized carbons (Fsp3) is 0.600. The highest BCUT2D eigenvalue weighted by Gasteiger charge is 2.40. The van der Waals surface area contributed by atoms with E-state index in [-0.39, 0.29) is 0 Å². The molecule has 0 fully saturated rings. The molecule has 0 unspecified atom stereocenters. The number of allylic oxidation sites excluding steroid dienone is 1. The number of rotatable bonds is 3. The van der Waals surface area contributed by atoms with Crippen molar-refractivity contribution in [2.45, 2.75) is 17.1 Å². The summed E-state index contributed by atoms with van der Waals surface area (Å²) in [6, 6.07) is 0. The monoisotopic (exact) mass is 361 g/mol. The van der Waals surface area contributed by atoms with E-state index in [9.17, 15) is 0 Å². The molecule has 0 aromatic rings. The zero-order valence-electron chi connectivity index (χ0n) is 7.35. The SMILES string of the molecule is C[Si](Cl)(Cl)/C=C(\C([Si])(Cl)Cl)[Si](C)(Cl)Cl. The minimum atomic E-state index is -2.67. The summed E-state index contributed by atoms with van der Waals surface area (Å²) in [7, 11) is 3.12. The Bertz CT molecular complexity index is 215. The number of halogens is 6. The Labute approximate surface area is 118 Å². The highest BCUT2D eigenvalue weighted by Crippen LogP contribution is 2.39. The summed E-state index contributed by atoms with van der Waals surface area (Å²) < 4.78 is -1.32. The van der Waals surface area contributed by atoms with Gasteiger partial charge in [0.05, 0.1) is 10.2 Å². The number of alkyl halides is 2. The van der Waals surface area contributed by atoms with Gasteiger partial charge in [-0.2, -0.15) is 0 Å². The minimum Gasteiger partial charge on any atom is -0.141 e. The third-order valence-corrected chi connectivity index (χ3v) is 6.88. The molecule has 0 aliphatic heterocycles. The van der Waals surface area contributed by atoms with Crippen molar-refractivity contribution in [1.82, 2.24) is 0 Å². The van der Waals surface area contributed by atoms with E-state index < -0.39 is 17.3 Å². The van der Waals surface area contributed by atoms with E-state index in [1.807, 2.05) is 0 Å². The molecule has 0 bridgehead atoms. The molecule has 0 aromatic heterocycles. The van der Waals surface area contributed by atoms with E-state index in [1.54, 1.807) is 18.8 Å². The van der Waals surface area contributed by atoms with Crippen LogP contribution < -0.4 is 0 Å². The molecular weight excluding hydrogens is 357 g/mol. The van der Waals surface area contributed by atoms with Crippen molar-refractivity contribution in [3.63, 3.8) is 0 Å². The molecule has 0 rings (SSSR count). The molecular formula is C5H7Cl6Si3. The van der Waals surface area contributed by atoms with Crippen molar-refractivity contribution in [2.24, 2.45) is 0 Å². The fourth-order valence-corrected chi connectivity index (χ4v) is 10.4. The van der Waals surface area contributed by atoms with Crippen molar-refractivity contribution in [3.05, 3.63) is 10.9 Å². The molecule has 0 aliphatic rings. The maximum absolute atomic E-state index is 6.03. The molecule has 14 heavy (non-hydrogen) atoms. The summed E-state index contributed by atoms with van der Waals surface area (Å²) in [6.45, 7) is -1.78. The molecule has 0 heterocycles. The first-order chi connectivity index (χ1) is 5.84. The highest BCUT2D eigenvalue weighted by atomic mass is 35.7. The second kappa shape index (κ2) is 5.19. The molecule has 0 N–H and O–H groups in total. The smallest absolute Gasteiger partial charge is 0.141 e. The first-order valence-corrected chi connectivity index (χ1v) is 13.8. The van der Waals surface area contributed by atoms with E-state index in [0.717, 1.165) is 0 Å². The largest absolute Gasteiger partial charge is 0.275 e. The Morgan fingerprint density at radius 3 is 1.57 bits per heavy atom. The Balaban J connectivity index is 5.26. The maximum Gasteiger partial charge on any atom is 0.275 e. The molecule has 0 nitrogen and oxygen atoms in total. The molecule has 0 saturated heterocycles. The van der Waals surface area contributed by atoms with Crippen molar-refractivity contribution >= 4 is 91.1 Å². The second-order valence-electron chi connectivity index (χ2n) is 2.98. The van der Waals surface area contributed by atoms with E-state index in [1.165, 1.54) is 0 Å². The summed E-state index contributed by atoms with van der Waals surface area (Å²) in [5, 5.41) is 0.465. The van der Waals surface area contributed by atoms with Gasteiger partial charge in [-0.1, -0.05) is 5.70 Å². The first kappa shape index (κ1) is 16.1. The predicted octanol–water partition coefficient (Wildman–Crippen LogP) is 4.39. The predicted molar refractivity (Wildman–Crippen MR) is 74.9 cm³/mol. The third kappa shape index (κ3) is 6.66. The van der Waals surface area contributed by atoms with Crippen molar-refractivity contribution in [1.29, 1.82) is 0 Å². The number of hydrogen-bond donors (Lipinski definition) is 0. The summed E-state index contributed by atoms with van der Waals surface area (Å²) in [6.07, 6.45) is 0. The number of hydrogen-bond acceptors (Lipinski definition) is 0. The first-order valence-electron chi connectivity index (χ1n) is 3.46. The second-order valence-corrected chi connectivity index (χ2v) is 20.6. The molecule has 0 aliphatic carbocycles. The molecule has 0 atom stereocenters. The fourth-order valence-electron chi connectivity index (χ4n) is 0.746. The molecule has 81 valence electrons. The van der Waals surface area contributed by atoms with Crippen LogP contribution in [0.2, 0.25) is 13.1 Å². The van der Waals surface area contributed by atoms with Crippen LogP contribution in [0.1, 0.15) is 0 Å². The van der Waals surface area contributed by atoms with Gasteiger partial charge < -0.3 is 0 Å². The standard InChI is InChI=1S/C5H7Cl6Si3/c1-13(8,9)3-4(5(6,7)12)14(2,10)11/h3H,1-2H3/b4-3+. The Kier molecular flexibility index (Phi) is 5.98. The Hall–Kier alpha value is 2.13. The zero-order valence-corrected chi connectivity index (χ0v) is 14.9. The lowest BCUT2D eigenvalue weighted by Crippen LogP contribution is -2.34. The Morgan fingerprint density at radius 1 is 1.14 bits per heavy atom. The maximum atomic E-state index is 6.03. The van der Waals surface area contributed by atoms with Gasteiger partial charge in [0, 0.05) is 0 Å². The van der Waals surface area contributed by atoms with Crippen molar-refractivity contribution in [2.75, 3.05) is 0 Å². The van der Waals surface area contributed by atoms with Crippen LogP contribution in [0, 0.1) is 0 Å². The van der Waals surface area contributed by atoms with E-state index in [4.69, 9.17) is 67.5 Å². The summed E-state index contributed by atoms with van der Waals surface area (Å²) in [5.74, 6) is 0. The highest BCUT2D eigenvalue weighted by molar-refractivity contribution is 7.51. The van der Waals surface area contributed by atoms with E-state index >= 15 is 0 Å². The van der Waals surface area contributed by atoms with Crippen LogP contribution in [-0.4, -0.2) is 27.6 Å². The lowest BCUT2D eigenvalue weighted by molar-refractivity contribution is 1.40. The van der Waals surface area contributed by atoms with Gasteiger partial charge in [0.15, 0.2) is 0 Å². The van der Waals surface area contributed by atoms with Gasteiger partial charge in [0.25, 0.3) is 13.4 Å². The van der Waals surface area contributed by atoms with Crippen LogP contribution in [0.5, 0.6) is 0 Å². The van der Waals surface area contributed by atoms with Crippen molar-refractivity contribution < 1.29 is 0 Å². The zero-order chi connectivity index (χ0) is 11.8. The summed E-state index contributed by atoms with van der Waals surface area (Å²) >= 11 is 35.7. The van der Waals surface area contributed by atoms with Gasteiger partial charge in [0.1, 0.15) is 3.96 Å². The molecule has 0 amide bonds. The molecule has 0 aromatic carbocycles. The van der Waals surface area contributed by atoms with Gasteiger partial charge in [-0.25, -0.2) is 0 Å². The van der Waals surface area contributed by atoms with Gasteiger partial charge in [0.2, 0.25) is 0 Å².